The number of nitrogens with zero attached hydrogens (tertiary/aromatic N) is 1. The van der Waals surface area contributed by atoms with Crippen molar-refractivity contribution in [1.82, 2.24) is 9.71 Å². The van der Waals surface area contributed by atoms with Crippen molar-refractivity contribution in [3.63, 3.8) is 0 Å². The topological polar surface area (TPSA) is 77.5 Å². The first kappa shape index (κ1) is 15.4. The molecule has 1 fully saturated rings. The highest BCUT2D eigenvalue weighted by atomic mass is 32.2. The number of nitrogens with one attached hydrogen (secondary N) is 1. The van der Waals surface area contributed by atoms with Crippen molar-refractivity contribution in [2.24, 2.45) is 0 Å². The summed E-state index contributed by atoms with van der Waals surface area (Å²) in [6, 6.07) is 6.82. The monoisotopic (exact) mass is 322 g/mol. The maximum atomic E-state index is 12.5. The lowest BCUT2D eigenvalue weighted by molar-refractivity contribution is -0.137. The summed E-state index contributed by atoms with van der Waals surface area (Å²) >= 11 is 0. The summed E-state index contributed by atoms with van der Waals surface area (Å²) in [7, 11) is -3.62. The van der Waals surface area contributed by atoms with E-state index in [1.165, 1.54) is 0 Å². The van der Waals surface area contributed by atoms with Crippen LogP contribution >= 0.6 is 0 Å². The second kappa shape index (κ2) is 5.58. The Morgan fingerprint density at radius 2 is 2.18 bits per heavy atom. The van der Waals surface area contributed by atoms with Gasteiger partial charge in [-0.15, -0.1) is 0 Å². The highest BCUT2D eigenvalue weighted by Crippen LogP contribution is 2.24. The van der Waals surface area contributed by atoms with E-state index in [9.17, 15) is 8.42 Å². The number of sulfonamides is 1. The fourth-order valence-corrected chi connectivity index (χ4v) is 3.77. The van der Waals surface area contributed by atoms with Crippen molar-refractivity contribution in [1.29, 1.82) is 0 Å². The zero-order valence-electron chi connectivity index (χ0n) is 12.4. The number of benzene rings is 1. The average molecular weight is 322 g/mol. The first-order chi connectivity index (χ1) is 10.4. The molecule has 2 aromatic rings. The van der Waals surface area contributed by atoms with Gasteiger partial charge in [-0.05, 0) is 26.0 Å². The molecule has 1 N–H and O–H groups in total. The predicted molar refractivity (Wildman–Crippen MR) is 81.8 cm³/mol. The van der Waals surface area contributed by atoms with Crippen molar-refractivity contribution in [2.45, 2.75) is 30.6 Å². The predicted octanol–water partition coefficient (Wildman–Crippen LogP) is 1.66. The summed E-state index contributed by atoms with van der Waals surface area (Å²) in [6.45, 7) is 4.15. The third kappa shape index (κ3) is 3.12. The SMILES string of the molecule is CC1(C)OCC(CNS(=O)(=O)c2cccc3cnccc23)O1. The molecule has 0 radical (unpaired) electrons. The quantitative estimate of drug-likeness (QED) is 0.926. The van der Waals surface area contributed by atoms with Gasteiger partial charge in [0, 0.05) is 29.7 Å². The molecule has 7 heteroatoms. The summed E-state index contributed by atoms with van der Waals surface area (Å²) in [5, 5.41) is 1.43. The normalized spacial score (nSPS) is 21.3. The van der Waals surface area contributed by atoms with Gasteiger partial charge in [-0.25, -0.2) is 13.1 Å². The van der Waals surface area contributed by atoms with Crippen LogP contribution in [0.4, 0.5) is 0 Å². The van der Waals surface area contributed by atoms with E-state index in [0.29, 0.717) is 12.0 Å². The van der Waals surface area contributed by atoms with Crippen LogP contribution in [0.25, 0.3) is 10.8 Å². The van der Waals surface area contributed by atoms with Crippen LogP contribution in [-0.2, 0) is 19.5 Å². The van der Waals surface area contributed by atoms with Gasteiger partial charge < -0.3 is 9.47 Å². The Labute approximate surface area is 129 Å². The maximum Gasteiger partial charge on any atom is 0.241 e. The third-order valence-corrected chi connectivity index (χ3v) is 4.98. The molecule has 1 aromatic carbocycles. The second-order valence-electron chi connectivity index (χ2n) is 5.66. The molecule has 1 unspecified atom stereocenters. The molecule has 1 aromatic heterocycles. The van der Waals surface area contributed by atoms with Gasteiger partial charge in [0.25, 0.3) is 0 Å². The van der Waals surface area contributed by atoms with Gasteiger partial charge in [-0.1, -0.05) is 12.1 Å². The molecule has 1 saturated heterocycles. The minimum atomic E-state index is -3.62. The number of aromatic nitrogens is 1. The van der Waals surface area contributed by atoms with Crippen molar-refractivity contribution in [3.05, 3.63) is 36.7 Å². The second-order valence-corrected chi connectivity index (χ2v) is 7.39. The molecule has 1 atom stereocenters. The molecule has 0 spiro atoms. The van der Waals surface area contributed by atoms with Crippen LogP contribution in [0.5, 0.6) is 0 Å². The van der Waals surface area contributed by atoms with E-state index in [0.717, 1.165) is 5.39 Å². The van der Waals surface area contributed by atoms with Crippen LogP contribution in [0.15, 0.2) is 41.6 Å². The first-order valence-electron chi connectivity index (χ1n) is 7.02. The number of hydrogen-bond acceptors (Lipinski definition) is 5. The lowest BCUT2D eigenvalue weighted by Crippen LogP contribution is -2.34. The summed E-state index contributed by atoms with van der Waals surface area (Å²) in [5.74, 6) is -0.665. The van der Waals surface area contributed by atoms with Crippen molar-refractivity contribution in [2.75, 3.05) is 13.2 Å². The number of hydrogen-bond donors (Lipinski definition) is 1. The van der Waals surface area contributed by atoms with Gasteiger partial charge in [0.15, 0.2) is 5.79 Å². The fraction of sp³-hybridized carbons (Fsp3) is 0.400. The Bertz CT molecular complexity index is 784. The lowest BCUT2D eigenvalue weighted by Gasteiger charge is -2.17. The van der Waals surface area contributed by atoms with E-state index < -0.39 is 15.8 Å². The highest BCUT2D eigenvalue weighted by molar-refractivity contribution is 7.89. The van der Waals surface area contributed by atoms with Gasteiger partial charge in [0.05, 0.1) is 17.6 Å². The number of rotatable bonds is 4. The Morgan fingerprint density at radius 3 is 2.91 bits per heavy atom. The molecule has 1 aliphatic heterocycles. The van der Waals surface area contributed by atoms with Gasteiger partial charge in [0.1, 0.15) is 0 Å². The van der Waals surface area contributed by atoms with Crippen LogP contribution in [-0.4, -0.2) is 38.4 Å². The van der Waals surface area contributed by atoms with E-state index in [1.807, 2.05) is 6.07 Å². The molecule has 1 aliphatic rings. The minimum absolute atomic E-state index is 0.174. The minimum Gasteiger partial charge on any atom is -0.348 e. The molecular formula is C15H18N2O4S. The van der Waals surface area contributed by atoms with Gasteiger partial charge in [-0.3, -0.25) is 4.98 Å². The molecule has 2 heterocycles. The van der Waals surface area contributed by atoms with Crippen LogP contribution in [0.1, 0.15) is 13.8 Å². The lowest BCUT2D eigenvalue weighted by atomic mass is 10.2. The average Bonchev–Trinajstić information content (AvgIpc) is 2.84. The molecule has 0 saturated carbocycles. The van der Waals surface area contributed by atoms with E-state index in [4.69, 9.17) is 9.47 Å². The molecular weight excluding hydrogens is 304 g/mol. The first-order valence-corrected chi connectivity index (χ1v) is 8.50. The van der Waals surface area contributed by atoms with E-state index in [1.54, 1.807) is 44.4 Å². The summed E-state index contributed by atoms with van der Waals surface area (Å²) in [6.07, 6.45) is 2.93. The fourth-order valence-electron chi connectivity index (χ4n) is 2.47. The summed E-state index contributed by atoms with van der Waals surface area (Å²) in [4.78, 5) is 4.25. The van der Waals surface area contributed by atoms with Crippen molar-refractivity contribution < 1.29 is 17.9 Å². The van der Waals surface area contributed by atoms with E-state index >= 15 is 0 Å². The molecule has 3 rings (SSSR count). The Morgan fingerprint density at radius 1 is 1.36 bits per heavy atom. The van der Waals surface area contributed by atoms with Crippen LogP contribution in [0, 0.1) is 0 Å². The third-order valence-electron chi connectivity index (χ3n) is 3.50. The molecule has 0 aliphatic carbocycles. The smallest absolute Gasteiger partial charge is 0.241 e. The molecule has 22 heavy (non-hydrogen) atoms. The van der Waals surface area contributed by atoms with Gasteiger partial charge in [-0.2, -0.15) is 0 Å². The standard InChI is InChI=1S/C15H18N2O4S/c1-15(2)20-10-12(21-15)9-17-22(18,19)14-5-3-4-11-8-16-7-6-13(11)14/h3-8,12,17H,9-10H2,1-2H3. The number of fused-ring (bicyclic) bond motifs is 1. The van der Waals surface area contributed by atoms with Crippen LogP contribution in [0.3, 0.4) is 0 Å². The summed E-state index contributed by atoms with van der Waals surface area (Å²) < 4.78 is 38.7. The van der Waals surface area contributed by atoms with E-state index in [2.05, 4.69) is 9.71 Å². The Hall–Kier alpha value is -1.54. The molecule has 118 valence electrons. The zero-order valence-corrected chi connectivity index (χ0v) is 13.3. The summed E-state index contributed by atoms with van der Waals surface area (Å²) in [5.41, 5.74) is 0. The Kier molecular flexibility index (Phi) is 3.90. The van der Waals surface area contributed by atoms with Crippen molar-refractivity contribution in [3.8, 4) is 0 Å². The maximum absolute atomic E-state index is 12.5. The zero-order chi connectivity index (χ0) is 15.8. The Balaban J connectivity index is 1.81. The molecule has 0 amide bonds. The van der Waals surface area contributed by atoms with Gasteiger partial charge >= 0.3 is 0 Å². The van der Waals surface area contributed by atoms with Crippen LogP contribution < -0.4 is 4.72 Å². The van der Waals surface area contributed by atoms with Crippen LogP contribution in [0.2, 0.25) is 0 Å². The molecule has 6 nitrogen and oxygen atoms in total. The largest absolute Gasteiger partial charge is 0.348 e. The highest BCUT2D eigenvalue weighted by Gasteiger charge is 2.33. The number of ether oxygens (including phenoxy) is 2. The van der Waals surface area contributed by atoms with Gasteiger partial charge in [0.2, 0.25) is 10.0 Å². The van der Waals surface area contributed by atoms with E-state index in [-0.39, 0.29) is 17.5 Å². The number of pyridine rings is 1. The molecule has 0 bridgehead atoms. The van der Waals surface area contributed by atoms with Crippen molar-refractivity contribution >= 4 is 20.8 Å².